The Morgan fingerprint density at radius 3 is 2.72 bits per heavy atom. The van der Waals surface area contributed by atoms with Gasteiger partial charge in [0.25, 0.3) is 5.56 Å². The van der Waals surface area contributed by atoms with E-state index in [-0.39, 0.29) is 17.2 Å². The monoisotopic (exact) mass is 500 g/mol. The van der Waals surface area contributed by atoms with Gasteiger partial charge in [-0.05, 0) is 73.9 Å². The molecule has 0 N–H and O–H groups in total. The van der Waals surface area contributed by atoms with E-state index in [4.69, 9.17) is 16.0 Å². The quantitative estimate of drug-likeness (QED) is 0.268. The van der Waals surface area contributed by atoms with Gasteiger partial charge in [0.15, 0.2) is 5.76 Å². The number of benzene rings is 3. The van der Waals surface area contributed by atoms with Crippen molar-refractivity contribution in [2.24, 2.45) is 5.10 Å². The van der Waals surface area contributed by atoms with Crippen LogP contribution in [0.5, 0.6) is 0 Å². The summed E-state index contributed by atoms with van der Waals surface area (Å²) in [6, 6.07) is 17.4. The number of rotatable bonds is 4. The van der Waals surface area contributed by atoms with Crippen LogP contribution in [0.15, 0.2) is 75.0 Å². The molecule has 3 aromatic carbocycles. The lowest BCUT2D eigenvalue weighted by atomic mass is 10.1. The smallest absolute Gasteiger partial charge is 0.282 e. The van der Waals surface area contributed by atoms with E-state index in [1.807, 2.05) is 19.1 Å². The van der Waals surface area contributed by atoms with E-state index in [1.54, 1.807) is 42.5 Å². The number of furan rings is 1. The van der Waals surface area contributed by atoms with Gasteiger partial charge in [0.1, 0.15) is 11.4 Å². The van der Waals surface area contributed by atoms with E-state index >= 15 is 0 Å². The van der Waals surface area contributed by atoms with Crippen LogP contribution in [-0.2, 0) is 0 Å². The summed E-state index contributed by atoms with van der Waals surface area (Å²) in [6.07, 6.45) is 3.62. The van der Waals surface area contributed by atoms with Gasteiger partial charge in [-0.1, -0.05) is 23.7 Å². The average molecular weight is 501 g/mol. The zero-order valence-electron chi connectivity index (χ0n) is 19.5. The lowest BCUT2D eigenvalue weighted by Crippen LogP contribution is -2.20. The summed E-state index contributed by atoms with van der Waals surface area (Å²) in [6.45, 7) is 3.62. The van der Waals surface area contributed by atoms with Crippen molar-refractivity contribution in [2.75, 3.05) is 18.0 Å². The van der Waals surface area contributed by atoms with Crippen LogP contribution in [-0.4, -0.2) is 29.0 Å². The number of nitrogens with zero attached hydrogens (tertiary/aromatic N) is 4. The summed E-state index contributed by atoms with van der Waals surface area (Å²) in [4.78, 5) is 20.2. The predicted molar refractivity (Wildman–Crippen MR) is 142 cm³/mol. The average Bonchev–Trinajstić information content (AvgIpc) is 3.55. The van der Waals surface area contributed by atoms with Crippen LogP contribution in [0, 0.1) is 12.7 Å². The fourth-order valence-electron chi connectivity index (χ4n) is 4.66. The second-order valence-corrected chi connectivity index (χ2v) is 9.40. The largest absolute Gasteiger partial charge is 0.453 e. The highest BCUT2D eigenvalue weighted by atomic mass is 35.5. The van der Waals surface area contributed by atoms with Gasteiger partial charge in [-0.25, -0.2) is 9.37 Å². The molecular weight excluding hydrogens is 479 g/mol. The van der Waals surface area contributed by atoms with Gasteiger partial charge >= 0.3 is 0 Å². The molecule has 1 saturated heterocycles. The lowest BCUT2D eigenvalue weighted by Gasteiger charge is -2.19. The van der Waals surface area contributed by atoms with Crippen molar-refractivity contribution >= 4 is 45.4 Å². The van der Waals surface area contributed by atoms with Crippen LogP contribution in [0.2, 0.25) is 5.02 Å². The molecule has 0 aliphatic carbocycles. The molecule has 1 fully saturated rings. The number of anilines is 1. The molecule has 2 aromatic heterocycles. The zero-order valence-corrected chi connectivity index (χ0v) is 20.3. The van der Waals surface area contributed by atoms with Crippen molar-refractivity contribution in [3.8, 4) is 11.6 Å². The molecule has 0 bridgehead atoms. The van der Waals surface area contributed by atoms with Gasteiger partial charge < -0.3 is 9.32 Å². The number of halogens is 2. The number of fused-ring (bicyclic) bond motifs is 2. The Hall–Kier alpha value is -3.97. The first-order chi connectivity index (χ1) is 17.5. The van der Waals surface area contributed by atoms with Crippen molar-refractivity contribution in [3.63, 3.8) is 0 Å². The van der Waals surface area contributed by atoms with Gasteiger partial charge in [0, 0.05) is 29.1 Å². The van der Waals surface area contributed by atoms with Gasteiger partial charge in [0.2, 0.25) is 5.82 Å². The van der Waals surface area contributed by atoms with E-state index in [0.29, 0.717) is 38.5 Å². The Morgan fingerprint density at radius 1 is 1.08 bits per heavy atom. The highest BCUT2D eigenvalue weighted by Crippen LogP contribution is 2.30. The highest BCUT2D eigenvalue weighted by molar-refractivity contribution is 6.31. The van der Waals surface area contributed by atoms with Crippen LogP contribution < -0.4 is 10.5 Å². The predicted octanol–water partition coefficient (Wildman–Crippen LogP) is 6.39. The Balaban J connectivity index is 1.49. The molecule has 0 spiro atoms. The maximum atomic E-state index is 15.0. The van der Waals surface area contributed by atoms with Crippen molar-refractivity contribution in [1.29, 1.82) is 0 Å². The first-order valence-corrected chi connectivity index (χ1v) is 12.2. The van der Waals surface area contributed by atoms with Crippen LogP contribution in [0.25, 0.3) is 33.5 Å². The molecule has 3 heterocycles. The van der Waals surface area contributed by atoms with E-state index in [2.05, 4.69) is 15.0 Å². The lowest BCUT2D eigenvalue weighted by molar-refractivity contribution is 0.615. The third-order valence-electron chi connectivity index (χ3n) is 6.55. The van der Waals surface area contributed by atoms with Crippen LogP contribution >= 0.6 is 11.6 Å². The highest BCUT2D eigenvalue weighted by Gasteiger charge is 2.19. The number of aryl methyl sites for hydroxylation is 1. The number of hydrogen-bond acceptors (Lipinski definition) is 5. The molecule has 8 heteroatoms. The Kier molecular flexibility index (Phi) is 5.57. The molecule has 0 radical (unpaired) electrons. The van der Waals surface area contributed by atoms with E-state index < -0.39 is 0 Å². The first kappa shape index (κ1) is 22.5. The van der Waals surface area contributed by atoms with E-state index in [0.717, 1.165) is 36.9 Å². The zero-order chi connectivity index (χ0) is 24.8. The van der Waals surface area contributed by atoms with Crippen molar-refractivity contribution in [1.82, 2.24) is 9.66 Å². The van der Waals surface area contributed by atoms with E-state index in [1.165, 1.54) is 17.0 Å². The molecule has 36 heavy (non-hydrogen) atoms. The maximum absolute atomic E-state index is 15.0. The minimum Gasteiger partial charge on any atom is -0.453 e. The fourth-order valence-corrected chi connectivity index (χ4v) is 4.84. The second-order valence-electron chi connectivity index (χ2n) is 8.96. The topological polar surface area (TPSA) is 63.6 Å². The minimum absolute atomic E-state index is 0.245. The SMILES string of the molecule is Cc1cc(N2CCCC2)c(F)cc1C=Nn1c(-c2cc3cc(Cl)ccc3o2)nc2ccccc2c1=O. The second kappa shape index (κ2) is 8.91. The van der Waals surface area contributed by atoms with Gasteiger partial charge in [-0.15, -0.1) is 0 Å². The number of para-hydroxylation sites is 1. The minimum atomic E-state index is -0.350. The Labute approximate surface area is 211 Å². The summed E-state index contributed by atoms with van der Waals surface area (Å²) < 4.78 is 22.2. The van der Waals surface area contributed by atoms with Crippen LogP contribution in [0.1, 0.15) is 24.0 Å². The molecule has 0 atom stereocenters. The fraction of sp³-hybridized carbons (Fsp3) is 0.179. The molecule has 180 valence electrons. The van der Waals surface area contributed by atoms with Gasteiger partial charge in [-0.2, -0.15) is 9.78 Å². The summed E-state index contributed by atoms with van der Waals surface area (Å²) in [5.74, 6) is 0.316. The first-order valence-electron chi connectivity index (χ1n) is 11.8. The third-order valence-corrected chi connectivity index (χ3v) is 6.78. The summed E-state index contributed by atoms with van der Waals surface area (Å²) in [5, 5.41) is 6.25. The van der Waals surface area contributed by atoms with Gasteiger partial charge in [-0.3, -0.25) is 4.79 Å². The Morgan fingerprint density at radius 2 is 1.89 bits per heavy atom. The van der Waals surface area contributed by atoms with Crippen molar-refractivity contribution in [3.05, 3.63) is 93.0 Å². The van der Waals surface area contributed by atoms with Crippen LogP contribution in [0.4, 0.5) is 10.1 Å². The molecule has 6 rings (SSSR count). The van der Waals surface area contributed by atoms with Gasteiger partial charge in [0.05, 0.1) is 22.8 Å². The Bertz CT molecular complexity index is 1720. The third kappa shape index (κ3) is 3.95. The molecule has 0 unspecified atom stereocenters. The molecular formula is C28H22ClFN4O2. The van der Waals surface area contributed by atoms with Crippen molar-refractivity contribution in [2.45, 2.75) is 19.8 Å². The van der Waals surface area contributed by atoms with Crippen molar-refractivity contribution < 1.29 is 8.81 Å². The standard InChI is InChI=1S/C28H22ClFN4O2/c1-17-12-24(33-10-4-5-11-33)22(30)14-19(17)16-31-34-27(32-23-7-3-2-6-21(23)28(34)35)26-15-18-13-20(29)8-9-25(18)36-26/h2-3,6-9,12-16H,4-5,10-11H2,1H3. The molecule has 0 saturated carbocycles. The maximum Gasteiger partial charge on any atom is 0.282 e. The summed E-state index contributed by atoms with van der Waals surface area (Å²) in [5.41, 5.74) is 2.84. The molecule has 6 nitrogen and oxygen atoms in total. The summed E-state index contributed by atoms with van der Waals surface area (Å²) in [7, 11) is 0. The normalized spacial score (nSPS) is 14.0. The number of aromatic nitrogens is 2. The number of hydrogen-bond donors (Lipinski definition) is 0. The van der Waals surface area contributed by atoms with Crippen LogP contribution in [0.3, 0.4) is 0 Å². The molecule has 1 aliphatic heterocycles. The molecule has 0 amide bonds. The molecule has 1 aliphatic rings. The summed E-state index contributed by atoms with van der Waals surface area (Å²) >= 11 is 6.14. The van der Waals surface area contributed by atoms with E-state index in [9.17, 15) is 9.18 Å². The molecule has 5 aromatic rings.